The first-order valence-corrected chi connectivity index (χ1v) is 19.4. The second-order valence-electron chi connectivity index (χ2n) is 12.3. The molecule has 2 N–H and O–H groups in total. The first kappa shape index (κ1) is 54.4. The second kappa shape index (κ2) is 25.5. The summed E-state index contributed by atoms with van der Waals surface area (Å²) in [6, 6.07) is 0. The third kappa shape index (κ3) is 16.8. The number of alkyl halides is 10. The zero-order valence-corrected chi connectivity index (χ0v) is 30.7. The van der Waals surface area contributed by atoms with Gasteiger partial charge in [0.05, 0.1) is 0 Å². The molecule has 1 rings (SSSR count). The Morgan fingerprint density at radius 1 is 0.519 bits per heavy atom. The summed E-state index contributed by atoms with van der Waals surface area (Å²) in [5.41, 5.74) is -4.85. The van der Waals surface area contributed by atoms with Crippen molar-refractivity contribution in [1.82, 2.24) is 13.7 Å². The fourth-order valence-corrected chi connectivity index (χ4v) is 6.66. The lowest BCUT2D eigenvalue weighted by molar-refractivity contribution is -0.485. The van der Waals surface area contributed by atoms with Gasteiger partial charge in [0.15, 0.2) is 0 Å². The van der Waals surface area contributed by atoms with Crippen LogP contribution in [0.4, 0.5) is 43.9 Å². The number of unbranched alkanes of at least 4 members (excludes halogenated alkanes) is 9. The van der Waals surface area contributed by atoms with Gasteiger partial charge in [-0.15, -0.1) is 0 Å². The van der Waals surface area contributed by atoms with Gasteiger partial charge in [-0.2, -0.15) is 67.4 Å². The Labute approximate surface area is 318 Å². The molecule has 322 valence electrons. The summed E-state index contributed by atoms with van der Waals surface area (Å²) in [4.78, 5) is 39.3. The number of aliphatic hydroxyl groups is 2. The molecule has 0 amide bonds. The molecule has 0 radical (unpaired) electrons. The molecule has 0 aliphatic rings. The van der Waals surface area contributed by atoms with Gasteiger partial charge in [0, 0.05) is 33.2 Å². The highest BCUT2D eigenvalue weighted by molar-refractivity contribution is 7.99. The highest BCUT2D eigenvalue weighted by Crippen LogP contribution is 2.50. The summed E-state index contributed by atoms with van der Waals surface area (Å²) in [5, 5.41) is 17.6. The van der Waals surface area contributed by atoms with Gasteiger partial charge < -0.3 is 10.2 Å². The van der Waals surface area contributed by atoms with Crippen LogP contribution in [0, 0.1) is 0 Å². The van der Waals surface area contributed by atoms with Crippen molar-refractivity contribution in [3.05, 3.63) is 31.5 Å². The zero-order chi connectivity index (χ0) is 39.6. The smallest absolute Gasteiger partial charge is 0.396 e. The fraction of sp³-hybridized carbons (Fsp3) is 0.909. The van der Waals surface area contributed by atoms with Crippen LogP contribution < -0.4 is 17.1 Å². The highest BCUT2D eigenvalue weighted by atomic mass is 32.2. The van der Waals surface area contributed by atoms with Crippen molar-refractivity contribution in [3.63, 3.8) is 0 Å². The van der Waals surface area contributed by atoms with E-state index in [1.807, 2.05) is 0 Å². The zero-order valence-electron chi connectivity index (χ0n) is 29.0. The van der Waals surface area contributed by atoms with E-state index in [4.69, 9.17) is 10.2 Å². The molecule has 0 aliphatic carbocycles. The van der Waals surface area contributed by atoms with Gasteiger partial charge in [-0.25, -0.2) is 32.8 Å². The first-order valence-electron chi connectivity index (χ1n) is 17.1. The van der Waals surface area contributed by atoms with Gasteiger partial charge in [0.1, 0.15) is 6.54 Å². The molecule has 1 aromatic rings. The number of rotatable bonds is 30. The van der Waals surface area contributed by atoms with Gasteiger partial charge in [-0.05, 0) is 61.5 Å². The molecule has 1 heterocycles. The van der Waals surface area contributed by atoms with Gasteiger partial charge in [-0.3, -0.25) is 0 Å². The second-order valence-corrected chi connectivity index (χ2v) is 14.8. The van der Waals surface area contributed by atoms with E-state index < -0.39 is 78.2 Å². The van der Waals surface area contributed by atoms with E-state index in [9.17, 15) is 58.3 Å². The third-order valence-corrected chi connectivity index (χ3v) is 10.1. The van der Waals surface area contributed by atoms with E-state index in [1.165, 1.54) is 23.5 Å². The molecule has 0 fully saturated rings. The predicted octanol–water partition coefficient (Wildman–Crippen LogP) is 8.09. The maximum absolute atomic E-state index is 14.8. The van der Waals surface area contributed by atoms with Gasteiger partial charge in [0.25, 0.3) is 0 Å². The van der Waals surface area contributed by atoms with Crippen molar-refractivity contribution in [2.75, 3.05) is 36.2 Å². The monoisotopic (exact) mass is 845 g/mol. The standard InChI is InChI=1S/C31H49F10N3O6S2.2CH4/c1-27(32,33)29(36,37)31(40,41)50-30(38,39)28(34,35)23-44-25(48)42(15-13-21-51-19-11-7-4-2-3-5-9-17-45)24(47)43(26(44)49)16-14-22-52-20-12-8-6-10-18-46;;/h45-46H,2-23H2,1H3;2*1H4. The van der Waals surface area contributed by atoms with E-state index in [1.54, 1.807) is 0 Å². The molecule has 0 aliphatic heterocycles. The summed E-state index contributed by atoms with van der Waals surface area (Å²) in [6.07, 6.45) is -3.72. The van der Waals surface area contributed by atoms with Crippen LogP contribution >= 0.6 is 23.5 Å². The number of aromatic nitrogens is 3. The van der Waals surface area contributed by atoms with Gasteiger partial charge in [-0.1, -0.05) is 59.8 Å². The lowest BCUT2D eigenvalue weighted by atomic mass is 10.1. The maximum atomic E-state index is 14.8. The van der Waals surface area contributed by atoms with Crippen molar-refractivity contribution < 1.29 is 58.9 Å². The van der Waals surface area contributed by atoms with Crippen molar-refractivity contribution in [2.24, 2.45) is 0 Å². The number of ether oxygens (including phenoxy) is 1. The van der Waals surface area contributed by atoms with E-state index >= 15 is 0 Å². The fourth-order valence-electron chi connectivity index (χ4n) is 4.77. The average molecular weight is 846 g/mol. The topological polar surface area (TPSA) is 116 Å². The van der Waals surface area contributed by atoms with Crippen LogP contribution in [-0.2, 0) is 24.4 Å². The van der Waals surface area contributed by atoms with E-state index in [-0.39, 0.29) is 40.9 Å². The van der Waals surface area contributed by atoms with Crippen LogP contribution in [0.15, 0.2) is 14.4 Å². The van der Waals surface area contributed by atoms with Crippen LogP contribution in [-0.4, -0.2) is 90.1 Å². The highest BCUT2D eigenvalue weighted by Gasteiger charge is 2.75. The number of aliphatic hydroxyl groups excluding tert-OH is 2. The maximum Gasteiger partial charge on any atom is 0.430 e. The number of thioether (sulfide) groups is 2. The molecule has 0 bridgehead atoms. The Balaban J connectivity index is 0. The summed E-state index contributed by atoms with van der Waals surface area (Å²) in [7, 11) is 0. The quantitative estimate of drug-likeness (QED) is 0.0590. The van der Waals surface area contributed by atoms with Crippen LogP contribution in [0.2, 0.25) is 0 Å². The average Bonchev–Trinajstić information content (AvgIpc) is 3.04. The molecule has 0 saturated carbocycles. The number of hydrogen-bond donors (Lipinski definition) is 2. The number of hydrogen-bond acceptors (Lipinski definition) is 8. The summed E-state index contributed by atoms with van der Waals surface area (Å²) >= 11 is 2.87. The normalized spacial score (nSPS) is 12.8. The molecule has 9 nitrogen and oxygen atoms in total. The largest absolute Gasteiger partial charge is 0.430 e. The lowest BCUT2D eigenvalue weighted by Gasteiger charge is -2.34. The predicted molar refractivity (Wildman–Crippen MR) is 193 cm³/mol. The Morgan fingerprint density at radius 2 is 0.852 bits per heavy atom. The Morgan fingerprint density at radius 3 is 1.22 bits per heavy atom. The van der Waals surface area contributed by atoms with Gasteiger partial charge >= 0.3 is 47.1 Å². The van der Waals surface area contributed by atoms with Crippen LogP contribution in [0.3, 0.4) is 0 Å². The van der Waals surface area contributed by atoms with Crippen molar-refractivity contribution in [1.29, 1.82) is 0 Å². The van der Waals surface area contributed by atoms with E-state index in [0.717, 1.165) is 64.2 Å². The minimum Gasteiger partial charge on any atom is -0.396 e. The molecular formula is C33H57F10N3O6S2. The van der Waals surface area contributed by atoms with Gasteiger partial charge in [0.2, 0.25) is 0 Å². The SMILES string of the molecule is C.C.CC(F)(F)C(F)(F)C(F)(F)OC(F)(F)C(F)(F)Cn1c(=O)n(CCCSCCCCCCO)c(=O)n(CCCSCCCCCCCCCO)c1=O. The lowest BCUT2D eigenvalue weighted by Crippen LogP contribution is -2.61. The summed E-state index contributed by atoms with van der Waals surface area (Å²) in [5.74, 6) is -16.3. The van der Waals surface area contributed by atoms with Crippen LogP contribution in [0.25, 0.3) is 0 Å². The van der Waals surface area contributed by atoms with E-state index in [2.05, 4.69) is 4.74 Å². The third-order valence-electron chi connectivity index (χ3n) is 7.83. The molecule has 0 atom stereocenters. The minimum absolute atomic E-state index is 0. The Kier molecular flexibility index (Phi) is 25.7. The van der Waals surface area contributed by atoms with Crippen LogP contribution in [0.5, 0.6) is 0 Å². The minimum atomic E-state index is -6.84. The molecular weight excluding hydrogens is 788 g/mol. The molecule has 0 spiro atoms. The Bertz CT molecular complexity index is 1360. The number of halogens is 10. The van der Waals surface area contributed by atoms with Crippen LogP contribution in [0.1, 0.15) is 105 Å². The molecule has 21 heteroatoms. The molecule has 54 heavy (non-hydrogen) atoms. The van der Waals surface area contributed by atoms with Crippen molar-refractivity contribution in [2.45, 2.75) is 155 Å². The molecule has 1 aromatic heterocycles. The summed E-state index contributed by atoms with van der Waals surface area (Å²) in [6.45, 7) is -4.19. The van der Waals surface area contributed by atoms with E-state index in [0.29, 0.717) is 38.6 Å². The Hall–Kier alpha value is -1.71. The molecule has 0 unspecified atom stereocenters. The first-order chi connectivity index (χ1) is 24.2. The van der Waals surface area contributed by atoms with Crippen molar-refractivity contribution >= 4 is 23.5 Å². The summed E-state index contributed by atoms with van der Waals surface area (Å²) < 4.78 is 142. The van der Waals surface area contributed by atoms with Crippen molar-refractivity contribution in [3.8, 4) is 0 Å². The molecule has 0 saturated heterocycles. The number of nitrogens with zero attached hydrogens (tertiary/aromatic N) is 3. The molecule has 0 aromatic carbocycles.